The van der Waals surface area contributed by atoms with Crippen LogP contribution < -0.4 is 0 Å². The number of hydrogen-bond donors (Lipinski definition) is 0. The van der Waals surface area contributed by atoms with E-state index in [0.717, 1.165) is 0 Å². The van der Waals surface area contributed by atoms with E-state index in [9.17, 15) is 0 Å². The Bertz CT molecular complexity index is 108. The van der Waals surface area contributed by atoms with Crippen molar-refractivity contribution in [3.05, 3.63) is 0 Å². The molecule has 1 heterocycles. The number of rotatable bonds is 2. The SMILES string of the molecule is CC(Cl)C(C)N1CCCCC1. The largest absolute Gasteiger partial charge is 0.299 e. The van der Waals surface area contributed by atoms with Crippen molar-refractivity contribution in [3.8, 4) is 0 Å². The van der Waals surface area contributed by atoms with Crippen LogP contribution >= 0.6 is 11.6 Å². The molecule has 0 amide bonds. The third kappa shape index (κ3) is 2.64. The molecule has 1 nitrogen and oxygen atoms in total. The van der Waals surface area contributed by atoms with E-state index in [1.165, 1.54) is 32.4 Å². The molecule has 0 aromatic rings. The van der Waals surface area contributed by atoms with Gasteiger partial charge in [0, 0.05) is 11.4 Å². The van der Waals surface area contributed by atoms with Crippen molar-refractivity contribution in [1.82, 2.24) is 4.90 Å². The van der Waals surface area contributed by atoms with Gasteiger partial charge in [0.1, 0.15) is 0 Å². The maximum atomic E-state index is 6.02. The molecule has 0 radical (unpaired) electrons. The van der Waals surface area contributed by atoms with Crippen LogP contribution in [0.2, 0.25) is 0 Å². The lowest BCUT2D eigenvalue weighted by molar-refractivity contribution is 0.172. The fraction of sp³-hybridized carbons (Fsp3) is 1.00. The van der Waals surface area contributed by atoms with E-state index in [0.29, 0.717) is 6.04 Å². The minimum Gasteiger partial charge on any atom is -0.299 e. The Morgan fingerprint density at radius 2 is 1.64 bits per heavy atom. The summed E-state index contributed by atoms with van der Waals surface area (Å²) in [7, 11) is 0. The van der Waals surface area contributed by atoms with E-state index in [1.54, 1.807) is 0 Å². The fourth-order valence-corrected chi connectivity index (χ4v) is 1.78. The molecule has 1 fully saturated rings. The molecule has 2 unspecified atom stereocenters. The number of halogens is 1. The zero-order valence-corrected chi connectivity index (χ0v) is 8.27. The Morgan fingerprint density at radius 3 is 2.09 bits per heavy atom. The summed E-state index contributed by atoms with van der Waals surface area (Å²) in [5.74, 6) is 0. The Hall–Kier alpha value is 0.250. The van der Waals surface area contributed by atoms with E-state index >= 15 is 0 Å². The van der Waals surface area contributed by atoms with Crippen LogP contribution in [-0.2, 0) is 0 Å². The highest BCUT2D eigenvalue weighted by molar-refractivity contribution is 6.20. The minimum atomic E-state index is 0.285. The van der Waals surface area contributed by atoms with Crippen molar-refractivity contribution in [3.63, 3.8) is 0 Å². The van der Waals surface area contributed by atoms with Crippen LogP contribution in [0.4, 0.5) is 0 Å². The molecule has 1 aliphatic rings. The van der Waals surface area contributed by atoms with Crippen LogP contribution in [0.1, 0.15) is 33.1 Å². The van der Waals surface area contributed by atoms with Crippen molar-refractivity contribution in [2.24, 2.45) is 0 Å². The lowest BCUT2D eigenvalue weighted by atomic mass is 10.1. The average Bonchev–Trinajstić information content (AvgIpc) is 2.05. The standard InChI is InChI=1S/C9H18ClN/c1-8(10)9(2)11-6-4-3-5-7-11/h8-9H,3-7H2,1-2H3. The normalized spacial score (nSPS) is 26.5. The summed E-state index contributed by atoms with van der Waals surface area (Å²) >= 11 is 6.02. The molecule has 1 rings (SSSR count). The first-order valence-corrected chi connectivity index (χ1v) is 5.03. The van der Waals surface area contributed by atoms with Gasteiger partial charge in [0.15, 0.2) is 0 Å². The third-order valence-electron chi connectivity index (χ3n) is 2.63. The van der Waals surface area contributed by atoms with E-state index in [-0.39, 0.29) is 5.38 Å². The molecule has 0 aliphatic carbocycles. The van der Waals surface area contributed by atoms with Crippen LogP contribution in [0.15, 0.2) is 0 Å². The molecular weight excluding hydrogens is 158 g/mol. The zero-order valence-electron chi connectivity index (χ0n) is 7.52. The zero-order chi connectivity index (χ0) is 8.27. The molecule has 1 aliphatic heterocycles. The van der Waals surface area contributed by atoms with Gasteiger partial charge in [0.25, 0.3) is 0 Å². The molecule has 0 aromatic carbocycles. The lowest BCUT2D eigenvalue weighted by Crippen LogP contribution is -2.41. The summed E-state index contributed by atoms with van der Waals surface area (Å²) < 4.78 is 0. The Kier molecular flexibility index (Phi) is 3.67. The van der Waals surface area contributed by atoms with Crippen molar-refractivity contribution in [2.45, 2.75) is 44.5 Å². The predicted octanol–water partition coefficient (Wildman–Crippen LogP) is 2.49. The molecule has 0 aromatic heterocycles. The van der Waals surface area contributed by atoms with Crippen LogP contribution in [0.3, 0.4) is 0 Å². The Labute approximate surface area is 74.7 Å². The quantitative estimate of drug-likeness (QED) is 0.583. The van der Waals surface area contributed by atoms with Gasteiger partial charge < -0.3 is 0 Å². The molecule has 1 saturated heterocycles. The predicted molar refractivity (Wildman–Crippen MR) is 50.2 cm³/mol. The van der Waals surface area contributed by atoms with Crippen LogP contribution in [-0.4, -0.2) is 29.4 Å². The lowest BCUT2D eigenvalue weighted by Gasteiger charge is -2.33. The summed E-state index contributed by atoms with van der Waals surface area (Å²) in [6, 6.07) is 0.553. The molecule has 0 saturated carbocycles. The van der Waals surface area contributed by atoms with Gasteiger partial charge in [-0.3, -0.25) is 4.90 Å². The van der Waals surface area contributed by atoms with Gasteiger partial charge in [-0.05, 0) is 39.8 Å². The minimum absolute atomic E-state index is 0.285. The van der Waals surface area contributed by atoms with Crippen LogP contribution in [0, 0.1) is 0 Å². The van der Waals surface area contributed by atoms with Crippen molar-refractivity contribution in [2.75, 3.05) is 13.1 Å². The molecule has 66 valence electrons. The smallest absolute Gasteiger partial charge is 0.0460 e. The molecule has 0 N–H and O–H groups in total. The number of alkyl halides is 1. The van der Waals surface area contributed by atoms with E-state index < -0.39 is 0 Å². The second kappa shape index (κ2) is 4.32. The van der Waals surface area contributed by atoms with Gasteiger partial charge in [-0.1, -0.05) is 6.42 Å². The molecule has 2 heteroatoms. The molecule has 2 atom stereocenters. The first-order chi connectivity index (χ1) is 5.22. The van der Waals surface area contributed by atoms with E-state index in [1.807, 2.05) is 0 Å². The third-order valence-corrected chi connectivity index (χ3v) is 3.00. The Balaban J connectivity index is 2.32. The van der Waals surface area contributed by atoms with Gasteiger partial charge in [0.05, 0.1) is 0 Å². The highest BCUT2D eigenvalue weighted by Gasteiger charge is 2.19. The number of piperidine rings is 1. The highest BCUT2D eigenvalue weighted by Crippen LogP contribution is 2.16. The number of likely N-dealkylation sites (tertiary alicyclic amines) is 1. The number of nitrogens with zero attached hydrogens (tertiary/aromatic N) is 1. The van der Waals surface area contributed by atoms with Crippen molar-refractivity contribution >= 4 is 11.6 Å². The molecule has 0 bridgehead atoms. The summed E-state index contributed by atoms with van der Waals surface area (Å²) in [5, 5.41) is 0.285. The number of hydrogen-bond acceptors (Lipinski definition) is 1. The average molecular weight is 176 g/mol. The second-order valence-corrected chi connectivity index (χ2v) is 4.20. The van der Waals surface area contributed by atoms with E-state index in [2.05, 4.69) is 18.7 Å². The Morgan fingerprint density at radius 1 is 1.09 bits per heavy atom. The van der Waals surface area contributed by atoms with E-state index in [4.69, 9.17) is 11.6 Å². The van der Waals surface area contributed by atoms with Gasteiger partial charge in [-0.2, -0.15) is 0 Å². The van der Waals surface area contributed by atoms with Gasteiger partial charge in [-0.25, -0.2) is 0 Å². The molecule has 11 heavy (non-hydrogen) atoms. The second-order valence-electron chi connectivity index (χ2n) is 3.51. The summed E-state index contributed by atoms with van der Waals surface area (Å²) in [6.07, 6.45) is 4.11. The topological polar surface area (TPSA) is 3.24 Å². The van der Waals surface area contributed by atoms with Crippen LogP contribution in [0.25, 0.3) is 0 Å². The maximum Gasteiger partial charge on any atom is 0.0460 e. The maximum absolute atomic E-state index is 6.02. The van der Waals surface area contributed by atoms with Gasteiger partial charge >= 0.3 is 0 Å². The summed E-state index contributed by atoms with van der Waals surface area (Å²) in [4.78, 5) is 2.50. The van der Waals surface area contributed by atoms with Crippen molar-refractivity contribution < 1.29 is 0 Å². The van der Waals surface area contributed by atoms with Crippen molar-refractivity contribution in [1.29, 1.82) is 0 Å². The summed E-state index contributed by atoms with van der Waals surface area (Å²) in [6.45, 7) is 6.81. The molecule has 0 spiro atoms. The monoisotopic (exact) mass is 175 g/mol. The molecular formula is C9H18ClN. The van der Waals surface area contributed by atoms with Gasteiger partial charge in [0.2, 0.25) is 0 Å². The summed E-state index contributed by atoms with van der Waals surface area (Å²) in [5.41, 5.74) is 0. The first kappa shape index (κ1) is 9.34. The fourth-order valence-electron chi connectivity index (χ4n) is 1.62. The highest BCUT2D eigenvalue weighted by atomic mass is 35.5. The van der Waals surface area contributed by atoms with Crippen LogP contribution in [0.5, 0.6) is 0 Å². The van der Waals surface area contributed by atoms with Gasteiger partial charge in [-0.15, -0.1) is 11.6 Å². The first-order valence-electron chi connectivity index (χ1n) is 4.60.